The summed E-state index contributed by atoms with van der Waals surface area (Å²) in [5.41, 5.74) is 4.90. The highest BCUT2D eigenvalue weighted by Crippen LogP contribution is 2.23. The fourth-order valence-corrected chi connectivity index (χ4v) is 4.01. The molecule has 0 aliphatic carbocycles. The smallest absolute Gasteiger partial charge is 0.194 e. The fraction of sp³-hybridized carbons (Fsp3) is 0.455. The van der Waals surface area contributed by atoms with Gasteiger partial charge in [0.1, 0.15) is 6.10 Å². The predicted molar refractivity (Wildman–Crippen MR) is 116 cm³/mol. The molecule has 4 rings (SSSR count). The molecule has 154 valence electrons. The molecule has 3 aromatic rings. The SMILES string of the molecule is CCNC(=NCCc1c(C)[nH]c2ccccc12)N1CCOC(c2cnn(C)c2)C1. The van der Waals surface area contributed by atoms with Gasteiger partial charge in [-0.1, -0.05) is 18.2 Å². The maximum atomic E-state index is 5.98. The number of nitrogens with one attached hydrogen (secondary N) is 2. The van der Waals surface area contributed by atoms with Crippen LogP contribution in [0.2, 0.25) is 0 Å². The Morgan fingerprint density at radius 2 is 2.24 bits per heavy atom. The van der Waals surface area contributed by atoms with Gasteiger partial charge in [0, 0.05) is 55.0 Å². The van der Waals surface area contributed by atoms with Crippen LogP contribution in [-0.4, -0.2) is 58.4 Å². The number of aryl methyl sites for hydroxylation is 2. The van der Waals surface area contributed by atoms with Crippen LogP contribution in [0.15, 0.2) is 41.7 Å². The minimum Gasteiger partial charge on any atom is -0.370 e. The van der Waals surface area contributed by atoms with Crippen LogP contribution in [0, 0.1) is 6.92 Å². The molecule has 1 fully saturated rings. The number of rotatable bonds is 5. The Labute approximate surface area is 171 Å². The van der Waals surface area contributed by atoms with Crippen molar-refractivity contribution in [1.82, 2.24) is 25.0 Å². The molecule has 2 aromatic heterocycles. The minimum atomic E-state index is 0.0252. The van der Waals surface area contributed by atoms with Crippen LogP contribution >= 0.6 is 0 Å². The average Bonchev–Trinajstić information content (AvgIpc) is 3.30. The van der Waals surface area contributed by atoms with E-state index in [9.17, 15) is 0 Å². The van der Waals surface area contributed by atoms with E-state index in [1.54, 1.807) is 0 Å². The van der Waals surface area contributed by atoms with E-state index in [1.807, 2.05) is 24.1 Å². The molecular weight excluding hydrogens is 364 g/mol. The van der Waals surface area contributed by atoms with Gasteiger partial charge in [-0.05, 0) is 31.9 Å². The highest BCUT2D eigenvalue weighted by atomic mass is 16.5. The van der Waals surface area contributed by atoms with Gasteiger partial charge in [-0.25, -0.2) is 0 Å². The second-order valence-corrected chi connectivity index (χ2v) is 7.51. The van der Waals surface area contributed by atoms with Crippen molar-refractivity contribution in [3.63, 3.8) is 0 Å². The second kappa shape index (κ2) is 8.69. The molecule has 1 aliphatic heterocycles. The molecular formula is C22H30N6O. The lowest BCUT2D eigenvalue weighted by molar-refractivity contribution is -0.00803. The molecule has 1 aromatic carbocycles. The van der Waals surface area contributed by atoms with Crippen molar-refractivity contribution in [3.8, 4) is 0 Å². The Morgan fingerprint density at radius 3 is 3.03 bits per heavy atom. The summed E-state index contributed by atoms with van der Waals surface area (Å²) in [7, 11) is 1.93. The lowest BCUT2D eigenvalue weighted by atomic mass is 10.1. The Kier molecular flexibility index (Phi) is 5.85. The molecule has 0 spiro atoms. The van der Waals surface area contributed by atoms with Crippen molar-refractivity contribution < 1.29 is 4.74 Å². The summed E-state index contributed by atoms with van der Waals surface area (Å²) in [5.74, 6) is 0.960. The molecule has 1 aliphatic rings. The molecule has 7 nitrogen and oxygen atoms in total. The van der Waals surface area contributed by atoms with E-state index in [-0.39, 0.29) is 6.10 Å². The number of aromatic amines is 1. The van der Waals surface area contributed by atoms with Crippen LogP contribution in [0.25, 0.3) is 10.9 Å². The maximum absolute atomic E-state index is 5.98. The van der Waals surface area contributed by atoms with Crippen LogP contribution in [0.3, 0.4) is 0 Å². The zero-order valence-corrected chi connectivity index (χ0v) is 17.5. The van der Waals surface area contributed by atoms with Gasteiger partial charge in [-0.15, -0.1) is 0 Å². The number of nitrogens with zero attached hydrogens (tertiary/aromatic N) is 4. The molecule has 1 atom stereocenters. The second-order valence-electron chi connectivity index (χ2n) is 7.51. The Hall–Kier alpha value is -2.80. The van der Waals surface area contributed by atoms with E-state index in [0.717, 1.165) is 44.1 Å². The van der Waals surface area contributed by atoms with Crippen molar-refractivity contribution in [1.29, 1.82) is 0 Å². The van der Waals surface area contributed by atoms with Gasteiger partial charge in [-0.3, -0.25) is 9.67 Å². The van der Waals surface area contributed by atoms with E-state index in [1.165, 1.54) is 22.2 Å². The highest BCUT2D eigenvalue weighted by molar-refractivity contribution is 5.84. The molecule has 7 heteroatoms. The van der Waals surface area contributed by atoms with Crippen molar-refractivity contribution in [2.75, 3.05) is 32.8 Å². The summed E-state index contributed by atoms with van der Waals surface area (Å²) >= 11 is 0. The largest absolute Gasteiger partial charge is 0.370 e. The van der Waals surface area contributed by atoms with Crippen LogP contribution in [0.5, 0.6) is 0 Å². The number of aliphatic imine (C=N–C) groups is 1. The van der Waals surface area contributed by atoms with Crippen LogP contribution in [0.1, 0.15) is 29.8 Å². The van der Waals surface area contributed by atoms with E-state index < -0.39 is 0 Å². The molecule has 0 saturated carbocycles. The first-order valence-electron chi connectivity index (χ1n) is 10.3. The number of morpholine rings is 1. The third-order valence-corrected chi connectivity index (χ3v) is 5.45. The first kappa shape index (κ1) is 19.5. The summed E-state index contributed by atoms with van der Waals surface area (Å²) in [6, 6.07) is 8.48. The fourth-order valence-electron chi connectivity index (χ4n) is 4.01. The normalized spacial score (nSPS) is 17.8. The van der Waals surface area contributed by atoms with Gasteiger partial charge in [0.05, 0.1) is 19.3 Å². The van der Waals surface area contributed by atoms with Crippen molar-refractivity contribution in [2.45, 2.75) is 26.4 Å². The number of benzene rings is 1. The summed E-state index contributed by atoms with van der Waals surface area (Å²) in [6.45, 7) is 8.16. The number of guanidine groups is 1. The maximum Gasteiger partial charge on any atom is 0.194 e. The van der Waals surface area contributed by atoms with Gasteiger partial charge in [-0.2, -0.15) is 5.10 Å². The Morgan fingerprint density at radius 1 is 1.38 bits per heavy atom. The lowest BCUT2D eigenvalue weighted by Crippen LogP contribution is -2.48. The number of para-hydroxylation sites is 1. The van der Waals surface area contributed by atoms with Crippen molar-refractivity contribution in [2.24, 2.45) is 12.0 Å². The van der Waals surface area contributed by atoms with Gasteiger partial charge in [0.2, 0.25) is 0 Å². The summed E-state index contributed by atoms with van der Waals surface area (Å²) < 4.78 is 7.80. The van der Waals surface area contributed by atoms with Gasteiger partial charge < -0.3 is 19.9 Å². The number of aromatic nitrogens is 3. The number of fused-ring (bicyclic) bond motifs is 1. The van der Waals surface area contributed by atoms with E-state index in [2.05, 4.69) is 58.4 Å². The van der Waals surface area contributed by atoms with Crippen molar-refractivity contribution in [3.05, 3.63) is 53.5 Å². The zero-order chi connectivity index (χ0) is 20.2. The van der Waals surface area contributed by atoms with E-state index in [0.29, 0.717) is 6.61 Å². The van der Waals surface area contributed by atoms with E-state index >= 15 is 0 Å². The first-order chi connectivity index (χ1) is 14.2. The summed E-state index contributed by atoms with van der Waals surface area (Å²) in [6.07, 6.45) is 4.86. The molecule has 1 saturated heterocycles. The number of H-pyrrole nitrogens is 1. The van der Waals surface area contributed by atoms with Crippen molar-refractivity contribution >= 4 is 16.9 Å². The van der Waals surface area contributed by atoms with Gasteiger partial charge in [0.15, 0.2) is 5.96 Å². The minimum absolute atomic E-state index is 0.0252. The number of hydrogen-bond acceptors (Lipinski definition) is 3. The highest BCUT2D eigenvalue weighted by Gasteiger charge is 2.25. The Bertz CT molecular complexity index is 988. The molecule has 0 bridgehead atoms. The van der Waals surface area contributed by atoms with Crippen LogP contribution < -0.4 is 5.32 Å². The monoisotopic (exact) mass is 394 g/mol. The molecule has 0 amide bonds. The number of ether oxygens (including phenoxy) is 1. The molecule has 0 radical (unpaired) electrons. The average molecular weight is 395 g/mol. The molecule has 3 heterocycles. The first-order valence-corrected chi connectivity index (χ1v) is 10.3. The number of hydrogen-bond donors (Lipinski definition) is 2. The zero-order valence-electron chi connectivity index (χ0n) is 17.5. The quantitative estimate of drug-likeness (QED) is 0.516. The molecule has 2 N–H and O–H groups in total. The summed E-state index contributed by atoms with van der Waals surface area (Å²) in [4.78, 5) is 10.7. The molecule has 1 unspecified atom stereocenters. The summed E-state index contributed by atoms with van der Waals surface area (Å²) in [5, 5.41) is 9.03. The molecule has 29 heavy (non-hydrogen) atoms. The van der Waals surface area contributed by atoms with Crippen LogP contribution in [0.4, 0.5) is 0 Å². The lowest BCUT2D eigenvalue weighted by Gasteiger charge is -2.34. The third kappa shape index (κ3) is 4.29. The van der Waals surface area contributed by atoms with E-state index in [4.69, 9.17) is 9.73 Å². The third-order valence-electron chi connectivity index (χ3n) is 5.45. The van der Waals surface area contributed by atoms with Crippen LogP contribution in [-0.2, 0) is 18.2 Å². The standard InChI is InChI=1S/C22H30N6O/c1-4-23-22(28-11-12-29-21(15-28)17-13-25-27(3)14-17)24-10-9-18-16(2)26-20-8-6-5-7-19(18)20/h5-8,13-14,21,26H,4,9-12,15H2,1-3H3,(H,23,24). The topological polar surface area (TPSA) is 70.5 Å². The predicted octanol–water partition coefficient (Wildman–Crippen LogP) is 2.79. The van der Waals surface area contributed by atoms with Gasteiger partial charge >= 0.3 is 0 Å². The Balaban J connectivity index is 1.46. The van der Waals surface area contributed by atoms with Gasteiger partial charge in [0.25, 0.3) is 0 Å².